The summed E-state index contributed by atoms with van der Waals surface area (Å²) in [4.78, 5) is 37.1. The van der Waals surface area contributed by atoms with Gasteiger partial charge in [0.1, 0.15) is 12.2 Å². The Hall–Kier alpha value is -4.64. The molecule has 2 aliphatic rings. The van der Waals surface area contributed by atoms with Gasteiger partial charge in [-0.2, -0.15) is 0 Å². The molecule has 0 radical (unpaired) electrons. The second-order valence-corrected chi connectivity index (χ2v) is 13.7. The molecule has 0 aromatic heterocycles. The van der Waals surface area contributed by atoms with Crippen LogP contribution in [0.5, 0.6) is 23.0 Å². The quantitative estimate of drug-likeness (QED) is 0.166. The first-order chi connectivity index (χ1) is 27.1. The molecule has 0 aliphatic carbocycles. The second kappa shape index (κ2) is 19.5. The van der Waals surface area contributed by atoms with Crippen molar-refractivity contribution in [2.24, 2.45) is 0 Å². The molecular formula is C40H42Cl2N2O12. The average molecular weight is 814 g/mol. The van der Waals surface area contributed by atoms with E-state index in [2.05, 4.69) is 0 Å². The standard InChI is InChI=1S/C40H42Cl2N2O12/c1-49-31-21-27(41)13-15-29(31)53-37(25-9-5-3-6-10-25)33-23-43(17-19-51-33)55-39(47)35(45)36(46)40(48)56-44-18-20-52-34(24-44)38(26-11-7-4-8-12-26)54-30-16-14-28(42)22-32(30)50-2/h3-16,21-22,33-38,45-46H,17-20,23-24H2,1-2H3/t33-,34-,35?,36?,37?,38?/m0/s1. The zero-order chi connectivity index (χ0) is 39.6. The molecule has 14 nitrogen and oxygen atoms in total. The van der Waals surface area contributed by atoms with Crippen molar-refractivity contribution in [2.45, 2.75) is 36.6 Å². The molecule has 4 aromatic rings. The van der Waals surface area contributed by atoms with Gasteiger partial charge in [0.2, 0.25) is 0 Å². The number of carbonyl (C=O) groups excluding carboxylic acids is 2. The maximum absolute atomic E-state index is 13.1. The van der Waals surface area contributed by atoms with Crippen LogP contribution in [0.4, 0.5) is 0 Å². The summed E-state index contributed by atoms with van der Waals surface area (Å²) >= 11 is 12.3. The Morgan fingerprint density at radius 3 is 1.39 bits per heavy atom. The van der Waals surface area contributed by atoms with Gasteiger partial charge >= 0.3 is 11.9 Å². The summed E-state index contributed by atoms with van der Waals surface area (Å²) in [6.45, 7) is 0.609. The minimum atomic E-state index is -2.27. The molecule has 4 aromatic carbocycles. The highest BCUT2D eigenvalue weighted by molar-refractivity contribution is 6.31. The van der Waals surface area contributed by atoms with Crippen molar-refractivity contribution in [2.75, 3.05) is 53.6 Å². The third-order valence-corrected chi connectivity index (χ3v) is 9.49. The molecule has 16 heteroatoms. The van der Waals surface area contributed by atoms with Crippen molar-refractivity contribution in [1.82, 2.24) is 10.1 Å². The molecule has 0 spiro atoms. The first kappa shape index (κ1) is 41.0. The Balaban J connectivity index is 1.07. The van der Waals surface area contributed by atoms with Gasteiger partial charge < -0.3 is 48.3 Å². The fourth-order valence-corrected chi connectivity index (χ4v) is 6.53. The van der Waals surface area contributed by atoms with Crippen LogP contribution in [0.3, 0.4) is 0 Å². The highest BCUT2D eigenvalue weighted by Crippen LogP contribution is 2.37. The van der Waals surface area contributed by atoms with E-state index in [0.29, 0.717) is 33.0 Å². The normalized spacial score (nSPS) is 19.8. The molecule has 4 unspecified atom stereocenters. The maximum atomic E-state index is 13.1. The average Bonchev–Trinajstić information content (AvgIpc) is 3.22. The second-order valence-electron chi connectivity index (χ2n) is 12.8. The van der Waals surface area contributed by atoms with Crippen molar-refractivity contribution in [3.63, 3.8) is 0 Å². The van der Waals surface area contributed by atoms with Crippen LogP contribution in [-0.2, 0) is 28.7 Å². The predicted molar refractivity (Wildman–Crippen MR) is 202 cm³/mol. The Kier molecular flexibility index (Phi) is 14.3. The smallest absolute Gasteiger partial charge is 0.357 e. The molecule has 2 heterocycles. The maximum Gasteiger partial charge on any atom is 0.357 e. The summed E-state index contributed by atoms with van der Waals surface area (Å²) in [5.74, 6) is -0.870. The number of rotatable bonds is 15. The number of carbonyl (C=O) groups is 2. The molecule has 6 atom stereocenters. The van der Waals surface area contributed by atoms with E-state index in [0.717, 1.165) is 11.1 Å². The van der Waals surface area contributed by atoms with Gasteiger partial charge in [0.05, 0.1) is 53.6 Å². The summed E-state index contributed by atoms with van der Waals surface area (Å²) in [6, 6.07) is 28.6. The number of hydroxylamine groups is 4. The van der Waals surface area contributed by atoms with Gasteiger partial charge in [-0.1, -0.05) is 83.9 Å². The Bertz CT molecular complexity index is 1770. The van der Waals surface area contributed by atoms with E-state index in [9.17, 15) is 19.8 Å². The van der Waals surface area contributed by atoms with E-state index < -0.39 is 48.6 Å². The first-order valence-corrected chi connectivity index (χ1v) is 18.5. The van der Waals surface area contributed by atoms with Crippen molar-refractivity contribution in [3.8, 4) is 23.0 Å². The number of aliphatic hydroxyl groups excluding tert-OH is 2. The van der Waals surface area contributed by atoms with Gasteiger partial charge in [0.15, 0.2) is 47.4 Å². The zero-order valence-corrected chi connectivity index (χ0v) is 32.1. The Morgan fingerprint density at radius 1 is 0.625 bits per heavy atom. The summed E-state index contributed by atoms with van der Waals surface area (Å²) < 4.78 is 35.8. The van der Waals surface area contributed by atoms with Crippen LogP contribution in [0.15, 0.2) is 97.1 Å². The van der Waals surface area contributed by atoms with E-state index in [1.807, 2.05) is 60.7 Å². The lowest BCUT2D eigenvalue weighted by Crippen LogP contribution is -2.51. The Morgan fingerprint density at radius 2 is 1.02 bits per heavy atom. The van der Waals surface area contributed by atoms with Crippen molar-refractivity contribution < 1.29 is 57.9 Å². The Labute approximate surface area is 333 Å². The van der Waals surface area contributed by atoms with Crippen molar-refractivity contribution in [1.29, 1.82) is 0 Å². The van der Waals surface area contributed by atoms with Crippen molar-refractivity contribution in [3.05, 3.63) is 118 Å². The summed E-state index contributed by atoms with van der Waals surface area (Å²) in [5.41, 5.74) is 1.55. The first-order valence-electron chi connectivity index (χ1n) is 17.8. The summed E-state index contributed by atoms with van der Waals surface area (Å²) in [6.07, 6.45) is -7.22. The molecule has 0 amide bonds. The van der Waals surface area contributed by atoms with Gasteiger partial charge in [-0.25, -0.2) is 9.59 Å². The third-order valence-electron chi connectivity index (χ3n) is 9.02. The van der Waals surface area contributed by atoms with Crippen LogP contribution in [-0.4, -0.2) is 110 Å². The van der Waals surface area contributed by atoms with E-state index in [1.54, 1.807) is 36.4 Å². The highest BCUT2D eigenvalue weighted by Gasteiger charge is 2.40. The summed E-state index contributed by atoms with van der Waals surface area (Å²) in [5, 5.41) is 25.0. The third kappa shape index (κ3) is 10.4. The van der Waals surface area contributed by atoms with Crippen molar-refractivity contribution >= 4 is 35.1 Å². The van der Waals surface area contributed by atoms with E-state index in [-0.39, 0.29) is 39.4 Å². The lowest BCUT2D eigenvalue weighted by Gasteiger charge is -2.37. The summed E-state index contributed by atoms with van der Waals surface area (Å²) in [7, 11) is 3.00. The molecule has 298 valence electrons. The molecular weight excluding hydrogens is 771 g/mol. The largest absolute Gasteiger partial charge is 0.493 e. The van der Waals surface area contributed by atoms with Gasteiger partial charge in [-0.3, -0.25) is 0 Å². The number of ether oxygens (including phenoxy) is 6. The minimum Gasteiger partial charge on any atom is -0.493 e. The predicted octanol–water partition coefficient (Wildman–Crippen LogP) is 4.99. The number of halogens is 2. The fraction of sp³-hybridized carbons (Fsp3) is 0.350. The number of aliphatic hydroxyl groups is 2. The number of hydrogen-bond donors (Lipinski definition) is 2. The number of hydrogen-bond acceptors (Lipinski definition) is 14. The lowest BCUT2D eigenvalue weighted by molar-refractivity contribution is -0.243. The highest BCUT2D eigenvalue weighted by atomic mass is 35.5. The minimum absolute atomic E-state index is 0.0240. The van der Waals surface area contributed by atoms with Crippen LogP contribution >= 0.6 is 23.2 Å². The van der Waals surface area contributed by atoms with Crippen LogP contribution in [0.1, 0.15) is 23.3 Å². The fourth-order valence-electron chi connectivity index (χ4n) is 6.21. The monoisotopic (exact) mass is 812 g/mol. The van der Waals surface area contributed by atoms with Gasteiger partial charge in [-0.05, 0) is 35.4 Å². The van der Waals surface area contributed by atoms with Crippen LogP contribution in [0.25, 0.3) is 0 Å². The molecule has 2 aliphatic heterocycles. The number of nitrogens with zero attached hydrogens (tertiary/aromatic N) is 2. The molecule has 56 heavy (non-hydrogen) atoms. The number of morpholine rings is 2. The molecule has 0 saturated carbocycles. The van der Waals surface area contributed by atoms with Gasteiger partial charge in [-0.15, -0.1) is 10.1 Å². The molecule has 0 bridgehead atoms. The zero-order valence-electron chi connectivity index (χ0n) is 30.6. The van der Waals surface area contributed by atoms with Crippen LogP contribution < -0.4 is 18.9 Å². The molecule has 2 fully saturated rings. The van der Waals surface area contributed by atoms with E-state index >= 15 is 0 Å². The van der Waals surface area contributed by atoms with E-state index in [1.165, 1.54) is 24.3 Å². The lowest BCUT2D eigenvalue weighted by atomic mass is 10.0. The van der Waals surface area contributed by atoms with E-state index in [4.69, 9.17) is 61.3 Å². The SMILES string of the molecule is COc1cc(Cl)ccc1OC(c1ccccc1)[C@@H]1CN(OC(=O)C(O)C(O)C(=O)ON2CCO[C@H](C(Oc3ccc(Cl)cc3OC)c3ccccc3)C2)CCO1. The number of benzene rings is 4. The topological polar surface area (TPSA) is 155 Å². The van der Waals surface area contributed by atoms with Gasteiger partial charge in [0.25, 0.3) is 0 Å². The molecule has 6 rings (SSSR count). The number of methoxy groups -OCH3 is 2. The molecule has 2 N–H and O–H groups in total. The van der Waals surface area contributed by atoms with Crippen LogP contribution in [0, 0.1) is 0 Å². The van der Waals surface area contributed by atoms with Gasteiger partial charge in [0, 0.05) is 22.2 Å². The molecule has 2 saturated heterocycles. The van der Waals surface area contributed by atoms with Crippen LogP contribution in [0.2, 0.25) is 10.0 Å².